The van der Waals surface area contributed by atoms with Crippen molar-refractivity contribution in [2.24, 2.45) is 0 Å². The molecule has 0 bridgehead atoms. The van der Waals surface area contributed by atoms with Crippen LogP contribution in [0.2, 0.25) is 0 Å². The number of rotatable bonds is 3. The van der Waals surface area contributed by atoms with Crippen LogP contribution in [0.1, 0.15) is 128 Å². The van der Waals surface area contributed by atoms with E-state index in [1.165, 1.54) is 115 Å². The second kappa shape index (κ2) is 12.4. The van der Waals surface area contributed by atoms with Gasteiger partial charge in [0.05, 0.1) is 11.4 Å². The minimum atomic E-state index is -0.212. The zero-order valence-corrected chi connectivity index (χ0v) is 38.8. The molecule has 0 radical (unpaired) electrons. The minimum Gasteiger partial charge on any atom is -0.309 e. The average Bonchev–Trinajstić information content (AvgIpc) is 3.86. The van der Waals surface area contributed by atoms with Gasteiger partial charge in [0.2, 0.25) is 0 Å². The summed E-state index contributed by atoms with van der Waals surface area (Å²) in [6, 6.07) is 49.5. The molecule has 0 unspecified atom stereocenters. The van der Waals surface area contributed by atoms with Crippen molar-refractivity contribution in [3.63, 3.8) is 0 Å². The van der Waals surface area contributed by atoms with E-state index < -0.39 is 0 Å². The van der Waals surface area contributed by atoms with Crippen LogP contribution in [0.5, 0.6) is 0 Å². The van der Waals surface area contributed by atoms with Crippen LogP contribution in [0.25, 0.3) is 53.6 Å². The van der Waals surface area contributed by atoms with E-state index in [2.05, 4.69) is 215 Å². The standard InChI is InChI=1S/C59H57NS/c1-55(2,3)34-31-41-38-29-30-40-51-45(59(11,12)52(40)54(38)61-53(41)47(32-34)56(4,5)6)24-18-26-49(51)60(35-27-28-37-36-19-13-15-21-42(36)58(9,10)46(37)33-35)48-25-17-23-44-50(48)39-20-14-16-22-43(39)57(44,7)8/h13-33H,1-12H3. The van der Waals surface area contributed by atoms with E-state index in [0.717, 1.165) is 0 Å². The second-order valence-corrected chi connectivity index (χ2v) is 22.8. The lowest BCUT2D eigenvalue weighted by Gasteiger charge is -2.32. The first-order valence-electron chi connectivity index (χ1n) is 22.3. The van der Waals surface area contributed by atoms with Crippen LogP contribution >= 0.6 is 11.3 Å². The van der Waals surface area contributed by atoms with Gasteiger partial charge < -0.3 is 4.90 Å². The number of benzene rings is 7. The molecule has 0 spiro atoms. The fraction of sp³-hybridized carbons (Fsp3) is 0.288. The lowest BCUT2D eigenvalue weighted by Crippen LogP contribution is -2.18. The van der Waals surface area contributed by atoms with E-state index in [9.17, 15) is 0 Å². The molecule has 1 heterocycles. The van der Waals surface area contributed by atoms with Gasteiger partial charge in [-0.05, 0) is 108 Å². The fourth-order valence-electron chi connectivity index (χ4n) is 11.6. The Bertz CT molecular complexity index is 3190. The Morgan fingerprint density at radius 2 is 0.967 bits per heavy atom. The van der Waals surface area contributed by atoms with Crippen molar-refractivity contribution in [1.82, 2.24) is 0 Å². The molecule has 0 saturated carbocycles. The van der Waals surface area contributed by atoms with Crippen LogP contribution in [0.3, 0.4) is 0 Å². The van der Waals surface area contributed by atoms with Gasteiger partial charge >= 0.3 is 0 Å². The first kappa shape index (κ1) is 38.5. The maximum absolute atomic E-state index is 2.63. The van der Waals surface area contributed by atoms with Crippen molar-refractivity contribution in [2.75, 3.05) is 4.90 Å². The molecule has 61 heavy (non-hydrogen) atoms. The van der Waals surface area contributed by atoms with Crippen LogP contribution < -0.4 is 4.90 Å². The predicted octanol–water partition coefficient (Wildman–Crippen LogP) is 17.0. The highest BCUT2D eigenvalue weighted by Gasteiger charge is 2.43. The van der Waals surface area contributed by atoms with Gasteiger partial charge in [-0.2, -0.15) is 0 Å². The molecule has 2 heteroatoms. The summed E-state index contributed by atoms with van der Waals surface area (Å²) in [7, 11) is 0. The zero-order valence-electron chi connectivity index (χ0n) is 38.0. The molecule has 3 aliphatic carbocycles. The number of fused-ring (bicyclic) bond motifs is 13. The summed E-state index contributed by atoms with van der Waals surface area (Å²) in [5, 5.41) is 2.78. The number of hydrogen-bond donors (Lipinski definition) is 0. The Kier molecular flexibility index (Phi) is 7.79. The molecule has 11 rings (SSSR count). The highest BCUT2D eigenvalue weighted by Crippen LogP contribution is 2.61. The molecule has 0 amide bonds. The quantitative estimate of drug-likeness (QED) is 0.172. The Hall–Kier alpha value is -5.44. The van der Waals surface area contributed by atoms with Crippen LogP contribution in [0.15, 0.2) is 127 Å². The Morgan fingerprint density at radius 3 is 1.62 bits per heavy atom. The Labute approximate surface area is 367 Å². The molecule has 0 saturated heterocycles. The van der Waals surface area contributed by atoms with E-state index in [0.29, 0.717) is 0 Å². The third-order valence-corrected chi connectivity index (χ3v) is 16.2. The number of hydrogen-bond acceptors (Lipinski definition) is 2. The van der Waals surface area contributed by atoms with Crippen LogP contribution in [0.4, 0.5) is 17.1 Å². The molecule has 304 valence electrons. The molecule has 1 nitrogen and oxygen atoms in total. The van der Waals surface area contributed by atoms with Gasteiger partial charge in [-0.15, -0.1) is 11.3 Å². The highest BCUT2D eigenvalue weighted by molar-refractivity contribution is 7.26. The van der Waals surface area contributed by atoms with Gasteiger partial charge in [0.15, 0.2) is 0 Å². The summed E-state index contributed by atoms with van der Waals surface area (Å²) in [6.07, 6.45) is 0. The first-order valence-corrected chi connectivity index (χ1v) is 23.1. The molecule has 3 aliphatic rings. The molecular formula is C59H57NS. The Balaban J connectivity index is 1.21. The van der Waals surface area contributed by atoms with Crippen LogP contribution in [-0.4, -0.2) is 0 Å². The summed E-state index contributed by atoms with van der Waals surface area (Å²) in [5.41, 5.74) is 22.6. The van der Waals surface area contributed by atoms with Crippen molar-refractivity contribution in [3.8, 4) is 33.4 Å². The summed E-state index contributed by atoms with van der Waals surface area (Å²) in [6.45, 7) is 28.7. The molecule has 0 N–H and O–H groups in total. The van der Waals surface area contributed by atoms with Crippen LogP contribution in [0, 0.1) is 0 Å². The van der Waals surface area contributed by atoms with E-state index in [1.807, 2.05) is 11.3 Å². The monoisotopic (exact) mass is 811 g/mol. The lowest BCUT2D eigenvalue weighted by molar-refractivity contribution is 0.573. The average molecular weight is 812 g/mol. The van der Waals surface area contributed by atoms with Crippen molar-refractivity contribution < 1.29 is 0 Å². The molecule has 7 aromatic carbocycles. The minimum absolute atomic E-state index is 0.0185. The molecule has 1 aromatic heterocycles. The summed E-state index contributed by atoms with van der Waals surface area (Å²) < 4.78 is 2.86. The first-order chi connectivity index (χ1) is 28.8. The number of nitrogens with zero attached hydrogens (tertiary/aromatic N) is 1. The van der Waals surface area contributed by atoms with Crippen molar-refractivity contribution in [3.05, 3.63) is 172 Å². The van der Waals surface area contributed by atoms with Gasteiger partial charge in [-0.3, -0.25) is 0 Å². The van der Waals surface area contributed by atoms with E-state index in [4.69, 9.17) is 0 Å². The maximum atomic E-state index is 2.63. The molecule has 8 aromatic rings. The van der Waals surface area contributed by atoms with E-state index in [-0.39, 0.29) is 27.1 Å². The smallest absolute Gasteiger partial charge is 0.0543 e. The lowest BCUT2D eigenvalue weighted by atomic mass is 9.79. The maximum Gasteiger partial charge on any atom is 0.0543 e. The van der Waals surface area contributed by atoms with Crippen molar-refractivity contribution in [1.29, 1.82) is 0 Å². The molecule has 0 fully saturated rings. The van der Waals surface area contributed by atoms with Gasteiger partial charge in [0.1, 0.15) is 0 Å². The fourth-order valence-corrected chi connectivity index (χ4v) is 13.3. The summed E-state index contributed by atoms with van der Waals surface area (Å²) in [5.74, 6) is 0. The number of thiophene rings is 1. The largest absolute Gasteiger partial charge is 0.309 e. The molecule has 0 atom stereocenters. The predicted molar refractivity (Wildman–Crippen MR) is 264 cm³/mol. The summed E-state index contributed by atoms with van der Waals surface area (Å²) >= 11 is 2.02. The van der Waals surface area contributed by atoms with Crippen molar-refractivity contribution in [2.45, 2.75) is 110 Å². The normalized spacial score (nSPS) is 16.3. The zero-order chi connectivity index (χ0) is 42.8. The number of anilines is 3. The van der Waals surface area contributed by atoms with Gasteiger partial charge in [-0.1, -0.05) is 180 Å². The van der Waals surface area contributed by atoms with Crippen LogP contribution in [-0.2, 0) is 27.1 Å². The van der Waals surface area contributed by atoms with Gasteiger partial charge in [0, 0.05) is 53.2 Å². The van der Waals surface area contributed by atoms with E-state index >= 15 is 0 Å². The highest BCUT2D eigenvalue weighted by atomic mass is 32.1. The summed E-state index contributed by atoms with van der Waals surface area (Å²) in [4.78, 5) is 2.63. The SMILES string of the molecule is CC(C)(C)c1cc(C(C)(C)C)c2sc3c4c(ccc3c2c1)-c1c(N(c2ccc3c(c2)C(C)(C)c2ccccc2-3)c2cccc3c2-c2ccccc2C3(C)C)cccc1C4(C)C. The van der Waals surface area contributed by atoms with Gasteiger partial charge in [-0.25, -0.2) is 0 Å². The topological polar surface area (TPSA) is 3.24 Å². The third-order valence-electron chi connectivity index (χ3n) is 14.9. The Morgan fingerprint density at radius 1 is 0.426 bits per heavy atom. The molecule has 0 aliphatic heterocycles. The second-order valence-electron chi connectivity index (χ2n) is 21.8. The van der Waals surface area contributed by atoms with E-state index in [1.54, 1.807) is 0 Å². The van der Waals surface area contributed by atoms with Crippen molar-refractivity contribution >= 4 is 48.6 Å². The van der Waals surface area contributed by atoms with Gasteiger partial charge in [0.25, 0.3) is 0 Å². The third kappa shape index (κ3) is 5.18. The molecular weight excluding hydrogens is 755 g/mol.